The molecule has 0 atom stereocenters. The van der Waals surface area contributed by atoms with E-state index >= 15 is 0 Å². The van der Waals surface area contributed by atoms with E-state index in [9.17, 15) is 4.39 Å². The molecule has 0 fully saturated rings. The highest BCUT2D eigenvalue weighted by Gasteiger charge is 2.04. The van der Waals surface area contributed by atoms with Crippen LogP contribution in [-0.2, 0) is 13.0 Å². The Balaban J connectivity index is 2.38. The van der Waals surface area contributed by atoms with Gasteiger partial charge in [0, 0.05) is 12.1 Å². The third kappa shape index (κ3) is 2.77. The summed E-state index contributed by atoms with van der Waals surface area (Å²) in [7, 11) is 0. The van der Waals surface area contributed by atoms with Crippen molar-refractivity contribution in [2.24, 2.45) is 5.73 Å². The second-order valence-corrected chi connectivity index (χ2v) is 4.46. The van der Waals surface area contributed by atoms with Gasteiger partial charge in [0.1, 0.15) is 5.82 Å². The summed E-state index contributed by atoms with van der Waals surface area (Å²) >= 11 is 0. The lowest BCUT2D eigenvalue weighted by molar-refractivity contribution is 0.611. The zero-order valence-corrected chi connectivity index (χ0v) is 10.6. The van der Waals surface area contributed by atoms with Crippen LogP contribution < -0.4 is 5.73 Å². The van der Waals surface area contributed by atoms with Crippen molar-refractivity contribution in [2.45, 2.75) is 26.3 Å². The van der Waals surface area contributed by atoms with Gasteiger partial charge >= 0.3 is 0 Å². The lowest BCUT2D eigenvalue weighted by atomic mass is 9.99. The van der Waals surface area contributed by atoms with Crippen molar-refractivity contribution in [3.63, 3.8) is 0 Å². The molecule has 0 aliphatic rings. The molecule has 0 saturated carbocycles. The van der Waals surface area contributed by atoms with Crippen molar-refractivity contribution in [1.82, 2.24) is 0 Å². The van der Waals surface area contributed by atoms with E-state index in [4.69, 9.17) is 5.73 Å². The minimum atomic E-state index is -0.231. The first-order chi connectivity index (χ1) is 8.74. The highest BCUT2D eigenvalue weighted by molar-refractivity contribution is 5.65. The van der Waals surface area contributed by atoms with Gasteiger partial charge in [-0.1, -0.05) is 43.7 Å². The van der Waals surface area contributed by atoms with Crippen molar-refractivity contribution in [3.05, 3.63) is 59.4 Å². The van der Waals surface area contributed by atoms with Crippen LogP contribution in [0.4, 0.5) is 4.39 Å². The van der Waals surface area contributed by atoms with E-state index in [1.165, 1.54) is 11.6 Å². The molecule has 2 N–H and O–H groups in total. The third-order valence-electron chi connectivity index (χ3n) is 3.06. The SMILES string of the molecule is CCCc1cccc(-c2ccc(F)c(CN)c2)c1. The fourth-order valence-electron chi connectivity index (χ4n) is 2.11. The molecule has 0 radical (unpaired) electrons. The van der Waals surface area contributed by atoms with Crippen molar-refractivity contribution < 1.29 is 4.39 Å². The summed E-state index contributed by atoms with van der Waals surface area (Å²) in [5.41, 5.74) is 9.56. The molecular formula is C16H18FN. The molecule has 0 aliphatic carbocycles. The van der Waals surface area contributed by atoms with E-state index in [1.54, 1.807) is 6.07 Å². The first-order valence-electron chi connectivity index (χ1n) is 6.32. The van der Waals surface area contributed by atoms with E-state index < -0.39 is 0 Å². The van der Waals surface area contributed by atoms with E-state index in [0.717, 1.165) is 24.0 Å². The topological polar surface area (TPSA) is 26.0 Å². The summed E-state index contributed by atoms with van der Waals surface area (Å²) in [6, 6.07) is 13.5. The Hall–Kier alpha value is -1.67. The molecule has 18 heavy (non-hydrogen) atoms. The molecule has 0 aromatic heterocycles. The van der Waals surface area contributed by atoms with Gasteiger partial charge < -0.3 is 5.73 Å². The van der Waals surface area contributed by atoms with Gasteiger partial charge in [0.05, 0.1) is 0 Å². The van der Waals surface area contributed by atoms with E-state index in [1.807, 2.05) is 18.2 Å². The lowest BCUT2D eigenvalue weighted by Crippen LogP contribution is -1.99. The highest BCUT2D eigenvalue weighted by atomic mass is 19.1. The molecule has 0 heterocycles. The molecule has 0 bridgehead atoms. The van der Waals surface area contributed by atoms with Crippen LogP contribution in [0, 0.1) is 5.82 Å². The monoisotopic (exact) mass is 243 g/mol. The summed E-state index contributed by atoms with van der Waals surface area (Å²) in [6.45, 7) is 2.39. The third-order valence-corrected chi connectivity index (χ3v) is 3.06. The summed E-state index contributed by atoms with van der Waals surface area (Å²) in [4.78, 5) is 0. The van der Waals surface area contributed by atoms with Gasteiger partial charge in [0.15, 0.2) is 0 Å². The number of hydrogen-bond donors (Lipinski definition) is 1. The van der Waals surface area contributed by atoms with Crippen LogP contribution in [0.25, 0.3) is 11.1 Å². The Kier molecular flexibility index (Phi) is 4.11. The molecule has 0 unspecified atom stereocenters. The van der Waals surface area contributed by atoms with Crippen LogP contribution >= 0.6 is 0 Å². The van der Waals surface area contributed by atoms with E-state index in [-0.39, 0.29) is 12.4 Å². The zero-order chi connectivity index (χ0) is 13.0. The fraction of sp³-hybridized carbons (Fsp3) is 0.250. The van der Waals surface area contributed by atoms with Gasteiger partial charge in [-0.15, -0.1) is 0 Å². The molecule has 94 valence electrons. The van der Waals surface area contributed by atoms with Gasteiger partial charge in [-0.05, 0) is 35.2 Å². The average Bonchev–Trinajstić information content (AvgIpc) is 2.40. The Morgan fingerprint density at radius 2 is 1.83 bits per heavy atom. The van der Waals surface area contributed by atoms with Crippen LogP contribution in [0.1, 0.15) is 24.5 Å². The summed E-state index contributed by atoms with van der Waals surface area (Å²) in [6.07, 6.45) is 2.19. The molecule has 0 aliphatic heterocycles. The number of halogens is 1. The van der Waals surface area contributed by atoms with Gasteiger partial charge in [-0.25, -0.2) is 4.39 Å². The van der Waals surface area contributed by atoms with Crippen molar-refractivity contribution in [3.8, 4) is 11.1 Å². The van der Waals surface area contributed by atoms with Crippen molar-refractivity contribution in [2.75, 3.05) is 0 Å². The predicted octanol–water partition coefficient (Wildman–Crippen LogP) is 3.90. The highest BCUT2D eigenvalue weighted by Crippen LogP contribution is 2.23. The zero-order valence-electron chi connectivity index (χ0n) is 10.6. The van der Waals surface area contributed by atoms with Gasteiger partial charge in [0.2, 0.25) is 0 Å². The van der Waals surface area contributed by atoms with E-state index in [0.29, 0.717) is 5.56 Å². The molecule has 2 heteroatoms. The summed E-state index contributed by atoms with van der Waals surface area (Å²) in [5.74, 6) is -0.231. The van der Waals surface area contributed by atoms with Crippen LogP contribution in [0.3, 0.4) is 0 Å². The molecular weight excluding hydrogens is 225 g/mol. The Bertz CT molecular complexity index is 534. The Labute approximate surface area is 107 Å². The molecule has 1 nitrogen and oxygen atoms in total. The Morgan fingerprint density at radius 3 is 2.56 bits per heavy atom. The first-order valence-corrected chi connectivity index (χ1v) is 6.32. The average molecular weight is 243 g/mol. The normalized spacial score (nSPS) is 10.6. The minimum absolute atomic E-state index is 0.230. The number of benzene rings is 2. The van der Waals surface area contributed by atoms with Crippen LogP contribution in [0.15, 0.2) is 42.5 Å². The maximum atomic E-state index is 13.4. The smallest absolute Gasteiger partial charge is 0.127 e. The molecule has 0 saturated heterocycles. The predicted molar refractivity (Wildman–Crippen MR) is 73.7 cm³/mol. The maximum Gasteiger partial charge on any atom is 0.127 e. The largest absolute Gasteiger partial charge is 0.326 e. The van der Waals surface area contributed by atoms with Gasteiger partial charge in [0.25, 0.3) is 0 Å². The fourth-order valence-corrected chi connectivity index (χ4v) is 2.11. The van der Waals surface area contributed by atoms with Crippen LogP contribution in [0.2, 0.25) is 0 Å². The molecule has 2 rings (SSSR count). The quantitative estimate of drug-likeness (QED) is 0.865. The number of rotatable bonds is 4. The second-order valence-electron chi connectivity index (χ2n) is 4.46. The number of hydrogen-bond acceptors (Lipinski definition) is 1. The van der Waals surface area contributed by atoms with Gasteiger partial charge in [-0.2, -0.15) is 0 Å². The molecule has 0 spiro atoms. The number of aryl methyl sites for hydroxylation is 1. The van der Waals surface area contributed by atoms with Gasteiger partial charge in [-0.3, -0.25) is 0 Å². The van der Waals surface area contributed by atoms with E-state index in [2.05, 4.69) is 19.1 Å². The second kappa shape index (κ2) is 5.78. The first kappa shape index (κ1) is 12.8. The van der Waals surface area contributed by atoms with Crippen LogP contribution in [0.5, 0.6) is 0 Å². The molecule has 2 aromatic carbocycles. The van der Waals surface area contributed by atoms with Crippen molar-refractivity contribution >= 4 is 0 Å². The summed E-state index contributed by atoms with van der Waals surface area (Å²) < 4.78 is 13.4. The standard InChI is InChI=1S/C16H18FN/c1-2-4-12-5-3-6-13(9-12)14-7-8-16(17)15(10-14)11-18/h3,5-10H,2,4,11,18H2,1H3. The number of nitrogens with two attached hydrogens (primary N) is 1. The molecule has 0 amide bonds. The van der Waals surface area contributed by atoms with Crippen LogP contribution in [-0.4, -0.2) is 0 Å². The maximum absolute atomic E-state index is 13.4. The molecule has 2 aromatic rings. The minimum Gasteiger partial charge on any atom is -0.326 e. The lowest BCUT2D eigenvalue weighted by Gasteiger charge is -2.07. The Morgan fingerprint density at radius 1 is 1.06 bits per heavy atom. The van der Waals surface area contributed by atoms with Crippen molar-refractivity contribution in [1.29, 1.82) is 0 Å². The summed E-state index contributed by atoms with van der Waals surface area (Å²) in [5, 5.41) is 0.